The number of benzene rings is 1. The van der Waals surface area contributed by atoms with Crippen molar-refractivity contribution >= 4 is 12.1 Å². The average molecular weight is 430 g/mol. The molecule has 31 heavy (non-hydrogen) atoms. The number of nitrogens with zero attached hydrogens (tertiary/aromatic N) is 2. The molecule has 0 saturated carbocycles. The lowest BCUT2D eigenvalue weighted by Crippen LogP contribution is -2.36. The summed E-state index contributed by atoms with van der Waals surface area (Å²) in [6.07, 6.45) is -0.0635. The summed E-state index contributed by atoms with van der Waals surface area (Å²) in [6.45, 7) is 9.59. The monoisotopic (exact) mass is 429 g/mol. The van der Waals surface area contributed by atoms with Crippen LogP contribution in [0.15, 0.2) is 35.1 Å². The second-order valence-electron chi connectivity index (χ2n) is 8.55. The van der Waals surface area contributed by atoms with Gasteiger partial charge in [0.25, 0.3) is 5.56 Å². The summed E-state index contributed by atoms with van der Waals surface area (Å²) < 4.78 is 11.5. The van der Waals surface area contributed by atoms with E-state index in [1.165, 1.54) is 11.7 Å². The molecule has 1 unspecified atom stereocenters. The first-order valence-corrected chi connectivity index (χ1v) is 10.2. The average Bonchev–Trinajstić information content (AvgIpc) is 2.68. The fraction of sp³-hybridized carbons (Fsp3) is 0.478. The van der Waals surface area contributed by atoms with Gasteiger partial charge in [0.15, 0.2) is 0 Å². The minimum atomic E-state index is -0.706. The summed E-state index contributed by atoms with van der Waals surface area (Å²) >= 11 is 0. The van der Waals surface area contributed by atoms with Crippen LogP contribution in [0.3, 0.4) is 0 Å². The smallest absolute Gasteiger partial charge is 0.407 e. The quantitative estimate of drug-likeness (QED) is 0.679. The third-order valence-corrected chi connectivity index (χ3v) is 4.53. The number of esters is 1. The van der Waals surface area contributed by atoms with Crippen molar-refractivity contribution in [1.82, 2.24) is 14.9 Å². The first kappa shape index (κ1) is 24.1. The number of alkyl carbamates (subject to hydrolysis) is 1. The van der Waals surface area contributed by atoms with E-state index < -0.39 is 23.2 Å². The Balaban J connectivity index is 2.29. The predicted octanol–water partition coefficient (Wildman–Crippen LogP) is 3.09. The van der Waals surface area contributed by atoms with Gasteiger partial charge in [-0.2, -0.15) is 0 Å². The van der Waals surface area contributed by atoms with Gasteiger partial charge in [0.1, 0.15) is 17.0 Å². The Hall–Kier alpha value is -3.16. The standard InChI is InChI=1S/C23H31N3O5/c1-15(13-24-22(29)31-23(3,4)5)12-18-25-16(2)19(21(28)30-6)20(27)26(18)14-17-10-8-7-9-11-17/h7-11,15H,12-14H2,1-6H3,(H,24,29). The maximum atomic E-state index is 13.2. The zero-order chi connectivity index (χ0) is 23.2. The van der Waals surface area contributed by atoms with E-state index in [9.17, 15) is 14.4 Å². The normalized spacial score (nSPS) is 12.2. The molecule has 0 aliphatic heterocycles. The van der Waals surface area contributed by atoms with Crippen molar-refractivity contribution in [2.45, 2.75) is 53.2 Å². The van der Waals surface area contributed by atoms with Crippen molar-refractivity contribution in [1.29, 1.82) is 0 Å². The number of hydrogen-bond donors (Lipinski definition) is 1. The van der Waals surface area contributed by atoms with Gasteiger partial charge >= 0.3 is 12.1 Å². The Morgan fingerprint density at radius 2 is 1.84 bits per heavy atom. The number of carbonyl (C=O) groups is 2. The molecule has 1 aromatic carbocycles. The molecule has 2 aromatic rings. The number of nitrogens with one attached hydrogen (secondary N) is 1. The van der Waals surface area contributed by atoms with Crippen LogP contribution >= 0.6 is 0 Å². The second kappa shape index (κ2) is 10.2. The summed E-state index contributed by atoms with van der Waals surface area (Å²) in [4.78, 5) is 41.8. The van der Waals surface area contributed by atoms with Crippen LogP contribution in [0, 0.1) is 12.8 Å². The molecule has 0 bridgehead atoms. The van der Waals surface area contributed by atoms with Crippen molar-refractivity contribution in [3.8, 4) is 0 Å². The zero-order valence-electron chi connectivity index (χ0n) is 19.0. The lowest BCUT2D eigenvalue weighted by Gasteiger charge is -2.21. The fourth-order valence-electron chi connectivity index (χ4n) is 3.09. The van der Waals surface area contributed by atoms with Crippen LogP contribution in [0.25, 0.3) is 0 Å². The maximum Gasteiger partial charge on any atom is 0.407 e. The van der Waals surface area contributed by atoms with Gasteiger partial charge in [0.2, 0.25) is 0 Å². The summed E-state index contributed by atoms with van der Waals surface area (Å²) in [5, 5.41) is 2.75. The first-order valence-electron chi connectivity index (χ1n) is 10.2. The van der Waals surface area contributed by atoms with Crippen LogP contribution in [0.2, 0.25) is 0 Å². The van der Waals surface area contributed by atoms with Gasteiger partial charge in [0, 0.05) is 13.0 Å². The molecule has 0 radical (unpaired) electrons. The van der Waals surface area contributed by atoms with E-state index in [-0.39, 0.29) is 18.0 Å². The molecule has 1 aromatic heterocycles. The highest BCUT2D eigenvalue weighted by Gasteiger charge is 2.22. The molecule has 168 valence electrons. The number of aromatic nitrogens is 2. The van der Waals surface area contributed by atoms with Gasteiger partial charge in [0.05, 0.1) is 19.3 Å². The third kappa shape index (κ3) is 6.94. The van der Waals surface area contributed by atoms with Crippen LogP contribution in [-0.4, -0.2) is 40.9 Å². The molecular weight excluding hydrogens is 398 g/mol. The maximum absolute atomic E-state index is 13.2. The molecule has 1 amide bonds. The minimum absolute atomic E-state index is 0.0233. The van der Waals surface area contributed by atoms with Gasteiger partial charge in [-0.05, 0) is 39.2 Å². The Morgan fingerprint density at radius 1 is 1.19 bits per heavy atom. The number of carbonyl (C=O) groups excluding carboxylic acids is 2. The van der Waals surface area contributed by atoms with Crippen LogP contribution in [0.4, 0.5) is 4.79 Å². The number of ether oxygens (including phenoxy) is 2. The van der Waals surface area contributed by atoms with Crippen molar-refractivity contribution in [2.75, 3.05) is 13.7 Å². The first-order chi connectivity index (χ1) is 14.5. The van der Waals surface area contributed by atoms with Crippen molar-refractivity contribution in [3.05, 3.63) is 63.3 Å². The highest BCUT2D eigenvalue weighted by Crippen LogP contribution is 2.12. The largest absolute Gasteiger partial charge is 0.465 e. The van der Waals surface area contributed by atoms with E-state index >= 15 is 0 Å². The van der Waals surface area contributed by atoms with E-state index in [0.717, 1.165) is 5.56 Å². The molecule has 0 saturated heterocycles. The molecule has 2 rings (SSSR count). The topological polar surface area (TPSA) is 99.5 Å². The molecule has 1 N–H and O–H groups in total. The van der Waals surface area contributed by atoms with Crippen molar-refractivity contribution in [3.63, 3.8) is 0 Å². The summed E-state index contributed by atoms with van der Waals surface area (Å²) in [5.74, 6) is -0.190. The predicted molar refractivity (Wildman–Crippen MR) is 117 cm³/mol. The van der Waals surface area contributed by atoms with Crippen molar-refractivity contribution < 1.29 is 19.1 Å². The van der Waals surface area contributed by atoms with Crippen LogP contribution in [0.5, 0.6) is 0 Å². The Morgan fingerprint density at radius 3 is 2.42 bits per heavy atom. The molecule has 0 fully saturated rings. The SMILES string of the molecule is COC(=O)c1c(C)nc(CC(C)CNC(=O)OC(C)(C)C)n(Cc2ccccc2)c1=O. The van der Waals surface area contributed by atoms with E-state index in [1.54, 1.807) is 27.7 Å². The van der Waals surface area contributed by atoms with E-state index in [4.69, 9.17) is 9.47 Å². The Labute approximate surface area is 182 Å². The van der Waals surface area contributed by atoms with Crippen LogP contribution < -0.4 is 10.9 Å². The molecule has 0 aliphatic carbocycles. The van der Waals surface area contributed by atoms with Gasteiger partial charge in [-0.1, -0.05) is 37.3 Å². The summed E-state index contributed by atoms with van der Waals surface area (Å²) in [5.41, 5.74) is 0.147. The van der Waals surface area contributed by atoms with E-state index in [0.29, 0.717) is 24.5 Å². The molecule has 1 heterocycles. The van der Waals surface area contributed by atoms with Gasteiger partial charge in [-0.25, -0.2) is 14.6 Å². The summed E-state index contributed by atoms with van der Waals surface area (Å²) in [7, 11) is 1.24. The van der Waals surface area contributed by atoms with Crippen LogP contribution in [0.1, 0.15) is 55.1 Å². The fourth-order valence-corrected chi connectivity index (χ4v) is 3.09. The number of methoxy groups -OCH3 is 1. The Bertz CT molecular complexity index is 977. The minimum Gasteiger partial charge on any atom is -0.465 e. The summed E-state index contributed by atoms with van der Waals surface area (Å²) in [6, 6.07) is 9.47. The third-order valence-electron chi connectivity index (χ3n) is 4.53. The number of hydrogen-bond acceptors (Lipinski definition) is 6. The molecule has 8 nitrogen and oxygen atoms in total. The molecule has 8 heteroatoms. The number of rotatable bonds is 7. The Kier molecular flexibility index (Phi) is 7.96. The molecule has 0 spiro atoms. The number of amides is 1. The zero-order valence-corrected chi connectivity index (χ0v) is 19.0. The molecule has 1 atom stereocenters. The van der Waals surface area contributed by atoms with E-state index in [1.807, 2.05) is 37.3 Å². The van der Waals surface area contributed by atoms with Crippen LogP contribution in [-0.2, 0) is 22.4 Å². The molecule has 0 aliphatic rings. The second-order valence-corrected chi connectivity index (χ2v) is 8.55. The highest BCUT2D eigenvalue weighted by atomic mass is 16.6. The van der Waals surface area contributed by atoms with E-state index in [2.05, 4.69) is 10.3 Å². The number of aryl methyl sites for hydroxylation is 1. The lowest BCUT2D eigenvalue weighted by atomic mass is 10.1. The highest BCUT2D eigenvalue weighted by molar-refractivity contribution is 5.90. The van der Waals surface area contributed by atoms with Gasteiger partial charge in [-0.15, -0.1) is 0 Å². The van der Waals surface area contributed by atoms with Gasteiger partial charge in [-0.3, -0.25) is 9.36 Å². The molecular formula is C23H31N3O5. The van der Waals surface area contributed by atoms with Crippen molar-refractivity contribution in [2.24, 2.45) is 5.92 Å². The van der Waals surface area contributed by atoms with Gasteiger partial charge < -0.3 is 14.8 Å². The lowest BCUT2D eigenvalue weighted by molar-refractivity contribution is 0.0518.